The van der Waals surface area contributed by atoms with Gasteiger partial charge >= 0.3 is 0 Å². The predicted molar refractivity (Wildman–Crippen MR) is 145 cm³/mol. The van der Waals surface area contributed by atoms with Gasteiger partial charge in [0.1, 0.15) is 0 Å². The van der Waals surface area contributed by atoms with Crippen LogP contribution in [0.25, 0.3) is 0 Å². The lowest BCUT2D eigenvalue weighted by Crippen LogP contribution is -2.09. The van der Waals surface area contributed by atoms with Crippen molar-refractivity contribution in [1.82, 2.24) is 0 Å². The van der Waals surface area contributed by atoms with Crippen molar-refractivity contribution in [2.45, 2.75) is 50.6 Å². The minimum atomic E-state index is -0.302. The lowest BCUT2D eigenvalue weighted by molar-refractivity contribution is 0.105. The summed E-state index contributed by atoms with van der Waals surface area (Å²) in [5, 5.41) is 0. The Bertz CT molecular complexity index is 1240. The Balaban J connectivity index is 1.96. The second-order valence-electron chi connectivity index (χ2n) is 8.55. The van der Waals surface area contributed by atoms with Crippen molar-refractivity contribution in [1.29, 1.82) is 0 Å². The summed E-state index contributed by atoms with van der Waals surface area (Å²) < 4.78 is 22.7. The largest absolute Gasteiger partial charge is 0.493 e. The SMILES string of the molecule is COc1ccc(C#CC(=O)c2cc(OC(C)C)c(OC)cc2SCc2ccccc2)cc1OC(C)C. The molecule has 0 aliphatic rings. The molecule has 3 rings (SSSR count). The van der Waals surface area contributed by atoms with Gasteiger partial charge < -0.3 is 18.9 Å². The van der Waals surface area contributed by atoms with Gasteiger partial charge in [0, 0.05) is 21.8 Å². The summed E-state index contributed by atoms with van der Waals surface area (Å²) in [7, 11) is 3.18. The third kappa shape index (κ3) is 7.47. The van der Waals surface area contributed by atoms with Gasteiger partial charge in [-0.3, -0.25) is 4.79 Å². The zero-order valence-corrected chi connectivity index (χ0v) is 22.4. The van der Waals surface area contributed by atoms with E-state index in [9.17, 15) is 4.79 Å². The van der Waals surface area contributed by atoms with Gasteiger partial charge in [-0.2, -0.15) is 0 Å². The van der Waals surface area contributed by atoms with Crippen LogP contribution >= 0.6 is 11.8 Å². The van der Waals surface area contributed by atoms with Gasteiger partial charge in [0.15, 0.2) is 23.0 Å². The molecule has 0 heterocycles. The Morgan fingerprint density at radius 1 is 0.806 bits per heavy atom. The Labute approximate surface area is 218 Å². The molecule has 0 fully saturated rings. The fraction of sp³-hybridized carbons (Fsp3) is 0.300. The molecule has 0 unspecified atom stereocenters. The topological polar surface area (TPSA) is 54.0 Å². The van der Waals surface area contributed by atoms with Crippen LogP contribution in [0.5, 0.6) is 23.0 Å². The fourth-order valence-electron chi connectivity index (χ4n) is 3.38. The van der Waals surface area contributed by atoms with Crippen LogP contribution in [0.1, 0.15) is 49.2 Å². The van der Waals surface area contributed by atoms with Gasteiger partial charge in [-0.05, 0) is 69.5 Å². The van der Waals surface area contributed by atoms with E-state index >= 15 is 0 Å². The minimum absolute atomic E-state index is 0.0217. The normalized spacial score (nSPS) is 10.6. The Morgan fingerprint density at radius 3 is 2.06 bits per heavy atom. The van der Waals surface area contributed by atoms with Crippen LogP contribution < -0.4 is 18.9 Å². The average Bonchev–Trinajstić information content (AvgIpc) is 2.86. The van der Waals surface area contributed by atoms with Crippen LogP contribution in [0.2, 0.25) is 0 Å². The highest BCUT2D eigenvalue weighted by molar-refractivity contribution is 7.98. The number of hydrogen-bond acceptors (Lipinski definition) is 6. The number of thioether (sulfide) groups is 1. The molecule has 0 saturated carbocycles. The van der Waals surface area contributed by atoms with Gasteiger partial charge in [0.25, 0.3) is 0 Å². The number of benzene rings is 3. The highest BCUT2D eigenvalue weighted by Crippen LogP contribution is 2.37. The average molecular weight is 505 g/mol. The van der Waals surface area contributed by atoms with Crippen LogP contribution in [-0.4, -0.2) is 32.2 Å². The maximum Gasteiger partial charge on any atom is 0.237 e. The molecule has 0 aromatic heterocycles. The highest BCUT2D eigenvalue weighted by Gasteiger charge is 2.18. The number of ketones is 1. The first-order valence-electron chi connectivity index (χ1n) is 11.8. The number of carbonyl (C=O) groups is 1. The zero-order valence-electron chi connectivity index (χ0n) is 21.6. The predicted octanol–water partition coefficient (Wildman–Crippen LogP) is 6.80. The Hall–Kier alpha value is -3.56. The molecule has 0 spiro atoms. The van der Waals surface area contributed by atoms with Crippen molar-refractivity contribution in [3.63, 3.8) is 0 Å². The van der Waals surface area contributed by atoms with Crippen LogP contribution in [-0.2, 0) is 5.75 Å². The lowest BCUT2D eigenvalue weighted by Gasteiger charge is -2.16. The van der Waals surface area contributed by atoms with E-state index in [1.54, 1.807) is 50.2 Å². The van der Waals surface area contributed by atoms with Crippen molar-refractivity contribution in [2.75, 3.05) is 14.2 Å². The zero-order chi connectivity index (χ0) is 26.1. The summed E-state index contributed by atoms with van der Waals surface area (Å²) in [6, 6.07) is 19.0. The first kappa shape index (κ1) is 27.0. The molecule has 0 bridgehead atoms. The number of Topliss-reactive ketones (excluding diaryl/α,β-unsaturated/α-hetero) is 1. The maximum atomic E-state index is 13.3. The number of hydrogen-bond donors (Lipinski definition) is 0. The molecule has 3 aromatic carbocycles. The Kier molecular flexibility index (Phi) is 9.72. The van der Waals surface area contributed by atoms with Crippen LogP contribution in [0.4, 0.5) is 0 Å². The van der Waals surface area contributed by atoms with E-state index in [4.69, 9.17) is 18.9 Å². The smallest absolute Gasteiger partial charge is 0.237 e. The number of rotatable bonds is 10. The summed E-state index contributed by atoms with van der Waals surface area (Å²) >= 11 is 1.56. The van der Waals surface area contributed by atoms with Gasteiger partial charge in [-0.25, -0.2) is 0 Å². The van der Waals surface area contributed by atoms with Crippen molar-refractivity contribution in [3.8, 4) is 34.8 Å². The molecule has 5 nitrogen and oxygen atoms in total. The molecule has 0 radical (unpaired) electrons. The Morgan fingerprint density at radius 2 is 1.44 bits per heavy atom. The molecule has 0 aliphatic carbocycles. The quantitative estimate of drug-likeness (QED) is 0.172. The molecule has 0 atom stereocenters. The van der Waals surface area contributed by atoms with E-state index in [0.29, 0.717) is 39.9 Å². The highest BCUT2D eigenvalue weighted by atomic mass is 32.2. The number of ether oxygens (including phenoxy) is 4. The first-order valence-corrected chi connectivity index (χ1v) is 12.8. The standard InChI is InChI=1S/C30H32O5S/c1-20(2)34-28-16-22(13-15-26(28)32-5)12-14-25(31)24-17-29(35-21(3)4)27(33-6)18-30(24)36-19-23-10-8-7-9-11-23/h7-11,13,15-18,20-21H,19H2,1-6H3. The van der Waals surface area contributed by atoms with Crippen LogP contribution in [0.15, 0.2) is 65.6 Å². The second-order valence-corrected chi connectivity index (χ2v) is 9.57. The molecule has 0 amide bonds. The van der Waals surface area contributed by atoms with E-state index in [1.807, 2.05) is 52.0 Å². The molecule has 0 aliphatic heterocycles. The third-order valence-electron chi connectivity index (χ3n) is 4.96. The molecule has 188 valence electrons. The monoisotopic (exact) mass is 504 g/mol. The summed E-state index contributed by atoms with van der Waals surface area (Å²) in [6.45, 7) is 7.74. The van der Waals surface area contributed by atoms with Crippen molar-refractivity contribution in [2.24, 2.45) is 0 Å². The molecule has 3 aromatic rings. The molecule has 6 heteroatoms. The number of carbonyl (C=O) groups excluding carboxylic acids is 1. The molecule has 0 N–H and O–H groups in total. The van der Waals surface area contributed by atoms with E-state index in [1.165, 1.54) is 0 Å². The fourth-order valence-corrected chi connectivity index (χ4v) is 4.39. The maximum absolute atomic E-state index is 13.3. The van der Waals surface area contributed by atoms with E-state index < -0.39 is 0 Å². The van der Waals surface area contributed by atoms with Crippen molar-refractivity contribution < 1.29 is 23.7 Å². The summed E-state index contributed by atoms with van der Waals surface area (Å²) in [4.78, 5) is 14.1. The molecule has 0 saturated heterocycles. The van der Waals surface area contributed by atoms with E-state index in [-0.39, 0.29) is 18.0 Å². The molecule has 36 heavy (non-hydrogen) atoms. The summed E-state index contributed by atoms with van der Waals surface area (Å²) in [5.74, 6) is 8.47. The van der Waals surface area contributed by atoms with Crippen molar-refractivity contribution in [3.05, 3.63) is 77.4 Å². The second kappa shape index (κ2) is 12.9. The third-order valence-corrected chi connectivity index (χ3v) is 6.08. The van der Waals surface area contributed by atoms with E-state index in [2.05, 4.69) is 24.0 Å². The van der Waals surface area contributed by atoms with Crippen LogP contribution in [0, 0.1) is 11.8 Å². The summed E-state index contributed by atoms with van der Waals surface area (Å²) in [6.07, 6.45) is -0.0962. The summed E-state index contributed by atoms with van der Waals surface area (Å²) in [5.41, 5.74) is 2.29. The van der Waals surface area contributed by atoms with Gasteiger partial charge in [0.05, 0.1) is 26.4 Å². The van der Waals surface area contributed by atoms with Crippen molar-refractivity contribution >= 4 is 17.5 Å². The van der Waals surface area contributed by atoms with Gasteiger partial charge in [-0.1, -0.05) is 36.3 Å². The van der Waals surface area contributed by atoms with Crippen LogP contribution in [0.3, 0.4) is 0 Å². The number of methoxy groups -OCH3 is 2. The first-order chi connectivity index (χ1) is 17.3. The van der Waals surface area contributed by atoms with E-state index in [0.717, 1.165) is 10.5 Å². The van der Waals surface area contributed by atoms with Gasteiger partial charge in [0.2, 0.25) is 5.78 Å². The molecular formula is C30H32O5S. The van der Waals surface area contributed by atoms with Gasteiger partial charge in [-0.15, -0.1) is 11.8 Å². The lowest BCUT2D eigenvalue weighted by atomic mass is 10.1. The molecular weight excluding hydrogens is 472 g/mol. The minimum Gasteiger partial charge on any atom is -0.493 e.